The second-order valence-electron chi connectivity index (χ2n) is 7.83. The number of halogens is 1. The fraction of sp³-hybridized carbons (Fsp3) is 0.200. The normalized spacial score (nSPS) is 19.4. The molecule has 0 saturated carbocycles. The zero-order chi connectivity index (χ0) is 21.6. The molecule has 6 heteroatoms. The summed E-state index contributed by atoms with van der Waals surface area (Å²) in [4.78, 5) is 31.3. The van der Waals surface area contributed by atoms with Gasteiger partial charge in [-0.05, 0) is 48.9 Å². The lowest BCUT2D eigenvalue weighted by atomic mass is 9.92. The summed E-state index contributed by atoms with van der Waals surface area (Å²) in [7, 11) is 0. The Morgan fingerprint density at radius 2 is 1.65 bits per heavy atom. The highest BCUT2D eigenvalue weighted by molar-refractivity contribution is 6.30. The van der Waals surface area contributed by atoms with Crippen LogP contribution in [-0.2, 0) is 10.5 Å². The molecular formula is C25H22ClN3O2. The Hall–Kier alpha value is -3.31. The maximum Gasteiger partial charge on any atom is 0.279 e. The van der Waals surface area contributed by atoms with Crippen LogP contribution in [0.25, 0.3) is 0 Å². The fourth-order valence-electron chi connectivity index (χ4n) is 4.51. The van der Waals surface area contributed by atoms with Crippen molar-refractivity contribution in [2.24, 2.45) is 0 Å². The van der Waals surface area contributed by atoms with Gasteiger partial charge < -0.3 is 10.2 Å². The summed E-state index contributed by atoms with van der Waals surface area (Å²) in [6.45, 7) is 2.70. The van der Waals surface area contributed by atoms with Crippen LogP contribution in [0.2, 0.25) is 5.02 Å². The molecule has 0 bridgehead atoms. The quantitative estimate of drug-likeness (QED) is 0.600. The van der Waals surface area contributed by atoms with Gasteiger partial charge in [0.2, 0.25) is 5.66 Å². The molecule has 1 spiro atoms. The van der Waals surface area contributed by atoms with Crippen molar-refractivity contribution in [3.63, 3.8) is 0 Å². The minimum Gasteiger partial charge on any atom is -0.350 e. The van der Waals surface area contributed by atoms with E-state index in [1.165, 1.54) is 0 Å². The monoisotopic (exact) mass is 431 g/mol. The summed E-state index contributed by atoms with van der Waals surface area (Å²) < 4.78 is 0. The van der Waals surface area contributed by atoms with Gasteiger partial charge in [-0.15, -0.1) is 0 Å². The van der Waals surface area contributed by atoms with Crippen LogP contribution in [0.5, 0.6) is 0 Å². The van der Waals surface area contributed by atoms with E-state index in [1.54, 1.807) is 40.1 Å². The molecule has 0 fully saturated rings. The topological polar surface area (TPSA) is 52.7 Å². The third-order valence-corrected chi connectivity index (χ3v) is 6.22. The van der Waals surface area contributed by atoms with Crippen molar-refractivity contribution in [2.45, 2.75) is 25.4 Å². The van der Waals surface area contributed by atoms with Gasteiger partial charge in [0.05, 0.1) is 11.3 Å². The fourth-order valence-corrected chi connectivity index (χ4v) is 4.64. The molecule has 0 aromatic heterocycles. The van der Waals surface area contributed by atoms with Crippen molar-refractivity contribution < 1.29 is 9.59 Å². The number of benzene rings is 3. The summed E-state index contributed by atoms with van der Waals surface area (Å²) in [6, 6.07) is 22.1. The Kier molecular flexibility index (Phi) is 4.71. The van der Waals surface area contributed by atoms with E-state index in [0.717, 1.165) is 24.1 Å². The molecule has 156 valence electrons. The van der Waals surface area contributed by atoms with Crippen molar-refractivity contribution in [1.82, 2.24) is 0 Å². The summed E-state index contributed by atoms with van der Waals surface area (Å²) >= 11 is 6.12. The summed E-state index contributed by atoms with van der Waals surface area (Å²) in [6.07, 6.45) is 1.84. The van der Waals surface area contributed by atoms with Gasteiger partial charge in [-0.1, -0.05) is 55.3 Å². The van der Waals surface area contributed by atoms with Crippen LogP contribution in [0, 0.1) is 0 Å². The number of fused-ring (bicyclic) bond motifs is 3. The molecule has 5 rings (SSSR count). The van der Waals surface area contributed by atoms with Gasteiger partial charge in [-0.2, -0.15) is 0 Å². The zero-order valence-corrected chi connectivity index (χ0v) is 17.9. The minimum absolute atomic E-state index is 0.153. The molecule has 31 heavy (non-hydrogen) atoms. The molecule has 2 amide bonds. The standard InChI is InChI=1S/C25H22ClN3O2/c1-2-3-16-28-22-11-7-5-9-20(22)25(24(28)31)27-21-10-6-4-8-19(21)23(30)29(25)18-14-12-17(26)13-15-18/h4-15,27H,2-3,16H2,1H3. The molecule has 3 aromatic rings. The average Bonchev–Trinajstić information content (AvgIpc) is 3.02. The van der Waals surface area contributed by atoms with E-state index < -0.39 is 5.66 Å². The second kappa shape index (κ2) is 7.43. The summed E-state index contributed by atoms with van der Waals surface area (Å²) in [5.74, 6) is -0.378. The number of nitrogens with one attached hydrogen (secondary N) is 1. The van der Waals surface area contributed by atoms with Gasteiger partial charge in [0.1, 0.15) is 0 Å². The van der Waals surface area contributed by atoms with Gasteiger partial charge >= 0.3 is 0 Å². The predicted molar refractivity (Wildman–Crippen MR) is 124 cm³/mol. The van der Waals surface area contributed by atoms with E-state index in [2.05, 4.69) is 12.2 Å². The van der Waals surface area contributed by atoms with E-state index in [4.69, 9.17) is 11.6 Å². The number of hydrogen-bond acceptors (Lipinski definition) is 3. The molecule has 0 aliphatic carbocycles. The van der Waals surface area contributed by atoms with Gasteiger partial charge in [0.25, 0.3) is 11.8 Å². The number of rotatable bonds is 4. The molecule has 1 N–H and O–H groups in total. The lowest BCUT2D eigenvalue weighted by molar-refractivity contribution is -0.122. The zero-order valence-electron chi connectivity index (χ0n) is 17.1. The Bertz CT molecular complexity index is 1180. The maximum absolute atomic E-state index is 14.1. The number of nitrogens with zero attached hydrogens (tertiary/aromatic N) is 2. The van der Waals surface area contributed by atoms with Gasteiger partial charge in [0, 0.05) is 28.5 Å². The van der Waals surface area contributed by atoms with Crippen LogP contribution in [0.3, 0.4) is 0 Å². The Labute approximate surface area is 186 Å². The third kappa shape index (κ3) is 2.84. The van der Waals surface area contributed by atoms with E-state index >= 15 is 0 Å². The van der Waals surface area contributed by atoms with Crippen LogP contribution < -0.4 is 15.1 Å². The van der Waals surface area contributed by atoms with Crippen LogP contribution in [0.1, 0.15) is 35.7 Å². The second-order valence-corrected chi connectivity index (χ2v) is 8.26. The molecule has 1 unspecified atom stereocenters. The molecule has 2 aliphatic rings. The van der Waals surface area contributed by atoms with Crippen LogP contribution in [0.15, 0.2) is 72.8 Å². The van der Waals surface area contributed by atoms with E-state index in [-0.39, 0.29) is 11.8 Å². The van der Waals surface area contributed by atoms with Gasteiger partial charge in [-0.25, -0.2) is 0 Å². The molecule has 1 atom stereocenters. The first-order chi connectivity index (χ1) is 15.1. The largest absolute Gasteiger partial charge is 0.350 e. The maximum atomic E-state index is 14.1. The molecule has 5 nitrogen and oxygen atoms in total. The van der Waals surface area contributed by atoms with Crippen molar-refractivity contribution in [3.8, 4) is 0 Å². The predicted octanol–water partition coefficient (Wildman–Crippen LogP) is 5.41. The molecule has 2 heterocycles. The lowest BCUT2D eigenvalue weighted by Gasteiger charge is -2.45. The van der Waals surface area contributed by atoms with Gasteiger partial charge in [0.15, 0.2) is 0 Å². The number of carbonyl (C=O) groups is 2. The number of carbonyl (C=O) groups excluding carboxylic acids is 2. The van der Waals surface area contributed by atoms with Gasteiger partial charge in [-0.3, -0.25) is 14.5 Å². The highest BCUT2D eigenvalue weighted by Crippen LogP contribution is 2.49. The number of anilines is 3. The number of para-hydroxylation sites is 2. The first kappa shape index (κ1) is 19.6. The average molecular weight is 432 g/mol. The third-order valence-electron chi connectivity index (χ3n) is 5.97. The number of amides is 2. The van der Waals surface area contributed by atoms with Crippen LogP contribution >= 0.6 is 11.6 Å². The number of unbranched alkanes of at least 4 members (excludes halogenated alkanes) is 1. The van der Waals surface area contributed by atoms with E-state index in [9.17, 15) is 9.59 Å². The smallest absolute Gasteiger partial charge is 0.279 e. The first-order valence-corrected chi connectivity index (χ1v) is 10.8. The highest BCUT2D eigenvalue weighted by Gasteiger charge is 2.59. The summed E-state index contributed by atoms with van der Waals surface area (Å²) in [5, 5.41) is 4.03. The van der Waals surface area contributed by atoms with Crippen LogP contribution in [0.4, 0.5) is 17.1 Å². The molecule has 0 saturated heterocycles. The number of hydrogen-bond donors (Lipinski definition) is 1. The highest BCUT2D eigenvalue weighted by atomic mass is 35.5. The molecular weight excluding hydrogens is 410 g/mol. The summed E-state index contributed by atoms with van der Waals surface area (Å²) in [5.41, 5.74) is 2.04. The van der Waals surface area contributed by atoms with Crippen molar-refractivity contribution in [2.75, 3.05) is 21.7 Å². The Balaban J connectivity index is 1.77. The molecule has 3 aromatic carbocycles. The lowest BCUT2D eigenvalue weighted by Crippen LogP contribution is -2.63. The van der Waals surface area contributed by atoms with Crippen LogP contribution in [-0.4, -0.2) is 18.4 Å². The SMILES string of the molecule is CCCCN1C(=O)C2(Nc3ccccc3C(=O)N2c2ccc(Cl)cc2)c2ccccc21. The minimum atomic E-state index is -1.36. The first-order valence-electron chi connectivity index (χ1n) is 10.5. The Morgan fingerprint density at radius 3 is 2.42 bits per heavy atom. The molecule has 2 aliphatic heterocycles. The van der Waals surface area contributed by atoms with Crippen molar-refractivity contribution >= 4 is 40.5 Å². The Morgan fingerprint density at radius 1 is 0.935 bits per heavy atom. The molecule has 0 radical (unpaired) electrons. The van der Waals surface area contributed by atoms with Crippen molar-refractivity contribution in [1.29, 1.82) is 0 Å². The van der Waals surface area contributed by atoms with Crippen molar-refractivity contribution in [3.05, 3.63) is 88.9 Å². The van der Waals surface area contributed by atoms with E-state index in [0.29, 0.717) is 28.5 Å². The van der Waals surface area contributed by atoms with E-state index in [1.807, 2.05) is 42.5 Å².